The quantitative estimate of drug-likeness (QED) is 0.0751. The molecule has 0 aliphatic rings. The minimum absolute atomic E-state index is 0. The molecular formula is C28H27F3N6O7S. The summed E-state index contributed by atoms with van der Waals surface area (Å²) in [5.41, 5.74) is -6.07. The van der Waals surface area contributed by atoms with E-state index in [0.29, 0.717) is 27.9 Å². The van der Waals surface area contributed by atoms with E-state index in [2.05, 4.69) is 24.8 Å². The SMILES string of the molecule is Cc1c(C)c(C(=O)NCCNC(=O)c2cc(-c3ccccn3)nc3ccccc23)c(C)c([N+](=O)[O-])c1OS(=O)(=O)C(F)(F)F.N. The van der Waals surface area contributed by atoms with Gasteiger partial charge in [0, 0.05) is 35.8 Å². The Balaban J connectivity index is 0.00000552. The van der Waals surface area contributed by atoms with Crippen LogP contribution in [0.1, 0.15) is 37.4 Å². The maximum absolute atomic E-state index is 13.2. The first kappa shape index (κ1) is 34.3. The van der Waals surface area contributed by atoms with Crippen molar-refractivity contribution in [1.82, 2.24) is 26.8 Å². The number of rotatable bonds is 9. The molecule has 0 fully saturated rings. The van der Waals surface area contributed by atoms with E-state index >= 15 is 0 Å². The maximum Gasteiger partial charge on any atom is 0.534 e. The number of nitrogens with zero attached hydrogens (tertiary/aromatic N) is 3. The number of para-hydroxylation sites is 1. The second-order valence-electron chi connectivity index (χ2n) is 9.47. The molecule has 0 bridgehead atoms. The summed E-state index contributed by atoms with van der Waals surface area (Å²) in [6, 6.07) is 13.9. The highest BCUT2D eigenvalue weighted by atomic mass is 32.2. The summed E-state index contributed by atoms with van der Waals surface area (Å²) in [7, 11) is -6.23. The van der Waals surface area contributed by atoms with Crippen molar-refractivity contribution in [3.8, 4) is 17.1 Å². The van der Waals surface area contributed by atoms with Gasteiger partial charge in [-0.1, -0.05) is 24.3 Å². The van der Waals surface area contributed by atoms with E-state index < -0.39 is 49.4 Å². The first-order valence-electron chi connectivity index (χ1n) is 12.8. The van der Waals surface area contributed by atoms with Crippen LogP contribution in [-0.4, -0.2) is 53.7 Å². The molecule has 0 atom stereocenters. The molecular weight excluding hydrogens is 621 g/mol. The van der Waals surface area contributed by atoms with Gasteiger partial charge in [0.25, 0.3) is 11.8 Å². The van der Waals surface area contributed by atoms with Crippen LogP contribution in [0.3, 0.4) is 0 Å². The van der Waals surface area contributed by atoms with Gasteiger partial charge >= 0.3 is 21.3 Å². The summed E-state index contributed by atoms with van der Waals surface area (Å²) in [5.74, 6) is -2.44. The average Bonchev–Trinajstić information content (AvgIpc) is 2.97. The second-order valence-corrected chi connectivity index (χ2v) is 11.0. The molecule has 0 aliphatic carbocycles. The van der Waals surface area contributed by atoms with Crippen molar-refractivity contribution < 1.29 is 40.3 Å². The largest absolute Gasteiger partial charge is 0.534 e. The zero-order chi connectivity index (χ0) is 32.4. The van der Waals surface area contributed by atoms with Crippen molar-refractivity contribution in [3.63, 3.8) is 0 Å². The lowest BCUT2D eigenvalue weighted by atomic mass is 9.95. The third-order valence-electron chi connectivity index (χ3n) is 6.69. The second kappa shape index (κ2) is 13.2. The minimum Gasteiger partial charge on any atom is -0.368 e. The fraction of sp³-hybridized carbons (Fsp3) is 0.214. The van der Waals surface area contributed by atoms with Crippen LogP contribution in [-0.2, 0) is 10.1 Å². The summed E-state index contributed by atoms with van der Waals surface area (Å²) >= 11 is 0. The van der Waals surface area contributed by atoms with E-state index in [-0.39, 0.29) is 35.9 Å². The molecule has 5 N–H and O–H groups in total. The molecule has 0 saturated heterocycles. The number of carbonyl (C=O) groups is 2. The zero-order valence-corrected chi connectivity index (χ0v) is 24.9. The van der Waals surface area contributed by atoms with Crippen molar-refractivity contribution >= 4 is 38.5 Å². The number of nitrogens with one attached hydrogen (secondary N) is 2. The Hall–Kier alpha value is -5.16. The summed E-state index contributed by atoms with van der Waals surface area (Å²) in [5, 5.41) is 17.5. The Morgan fingerprint density at radius 1 is 0.933 bits per heavy atom. The van der Waals surface area contributed by atoms with Crippen molar-refractivity contribution in [2.24, 2.45) is 0 Å². The van der Waals surface area contributed by atoms with E-state index in [9.17, 15) is 41.3 Å². The lowest BCUT2D eigenvalue weighted by molar-refractivity contribution is -0.386. The number of aromatic nitrogens is 2. The Kier molecular flexibility index (Phi) is 10.1. The maximum atomic E-state index is 13.2. The standard InChI is InChI=1S/C28H24F3N5O7S.H3N/c1-15-16(2)25(43-44(41,42)28(29,30)31)24(36(39)40)17(3)23(15)27(38)34-13-12-33-26(37)19-14-22(21-10-6-7-11-32-21)35-20-9-5-4-8-18(19)20;/h4-11,14H,12-13H2,1-3H3,(H,33,37)(H,34,38);1H3. The lowest BCUT2D eigenvalue weighted by Gasteiger charge is -2.18. The normalized spacial score (nSPS) is 11.4. The summed E-state index contributed by atoms with van der Waals surface area (Å²) < 4.78 is 66.1. The lowest BCUT2D eigenvalue weighted by Crippen LogP contribution is -2.35. The molecule has 45 heavy (non-hydrogen) atoms. The molecule has 2 aromatic heterocycles. The van der Waals surface area contributed by atoms with Crippen molar-refractivity contribution in [1.29, 1.82) is 0 Å². The van der Waals surface area contributed by atoms with Crippen LogP contribution in [0.15, 0.2) is 54.7 Å². The van der Waals surface area contributed by atoms with Gasteiger partial charge in [-0.15, -0.1) is 0 Å². The molecule has 2 amide bonds. The average molecular weight is 649 g/mol. The Morgan fingerprint density at radius 2 is 1.56 bits per heavy atom. The monoisotopic (exact) mass is 648 g/mol. The molecule has 4 rings (SSSR count). The molecule has 0 saturated carbocycles. The third-order valence-corrected chi connectivity index (χ3v) is 7.65. The number of hydrogen-bond acceptors (Lipinski definition) is 10. The number of halogens is 3. The highest BCUT2D eigenvalue weighted by Crippen LogP contribution is 2.41. The van der Waals surface area contributed by atoms with E-state index in [0.717, 1.165) is 13.8 Å². The summed E-state index contributed by atoms with van der Waals surface area (Å²) in [6.07, 6.45) is 1.60. The first-order chi connectivity index (χ1) is 20.6. The number of alkyl halides is 3. The van der Waals surface area contributed by atoms with Crippen LogP contribution in [0.4, 0.5) is 18.9 Å². The molecule has 0 unspecified atom stereocenters. The fourth-order valence-corrected chi connectivity index (χ4v) is 4.99. The number of pyridine rings is 2. The molecule has 238 valence electrons. The number of hydrogen-bond donors (Lipinski definition) is 3. The van der Waals surface area contributed by atoms with Gasteiger partial charge in [-0.3, -0.25) is 24.7 Å². The third kappa shape index (κ3) is 6.99. The highest BCUT2D eigenvalue weighted by molar-refractivity contribution is 7.88. The predicted octanol–water partition coefficient (Wildman–Crippen LogP) is 4.68. The van der Waals surface area contributed by atoms with Crippen LogP contribution < -0.4 is 21.0 Å². The van der Waals surface area contributed by atoms with E-state index in [1.54, 1.807) is 54.7 Å². The molecule has 0 spiro atoms. The topological polar surface area (TPSA) is 205 Å². The minimum atomic E-state index is -6.23. The van der Waals surface area contributed by atoms with E-state index in [1.165, 1.54) is 6.92 Å². The number of carbonyl (C=O) groups excluding carboxylic acids is 2. The number of amides is 2. The van der Waals surface area contributed by atoms with Gasteiger partial charge in [-0.25, -0.2) is 4.98 Å². The highest BCUT2D eigenvalue weighted by Gasteiger charge is 2.50. The first-order valence-corrected chi connectivity index (χ1v) is 14.2. The molecule has 0 radical (unpaired) electrons. The van der Waals surface area contributed by atoms with Crippen LogP contribution in [0, 0.1) is 30.9 Å². The number of benzene rings is 2. The zero-order valence-electron chi connectivity index (χ0n) is 24.1. The molecule has 2 heterocycles. The van der Waals surface area contributed by atoms with Crippen LogP contribution in [0.5, 0.6) is 5.75 Å². The van der Waals surface area contributed by atoms with Gasteiger partial charge in [-0.05, 0) is 50.6 Å². The Bertz CT molecular complexity index is 1900. The van der Waals surface area contributed by atoms with Crippen molar-refractivity contribution in [2.45, 2.75) is 26.3 Å². The van der Waals surface area contributed by atoms with E-state index in [1.807, 2.05) is 0 Å². The Morgan fingerprint density at radius 3 is 2.16 bits per heavy atom. The van der Waals surface area contributed by atoms with Crippen LogP contribution in [0.2, 0.25) is 0 Å². The van der Waals surface area contributed by atoms with Gasteiger partial charge in [0.1, 0.15) is 0 Å². The predicted molar refractivity (Wildman–Crippen MR) is 158 cm³/mol. The molecule has 4 aromatic rings. The van der Waals surface area contributed by atoms with Crippen molar-refractivity contribution in [2.75, 3.05) is 13.1 Å². The van der Waals surface area contributed by atoms with Gasteiger partial charge in [0.15, 0.2) is 0 Å². The fourth-order valence-electron chi connectivity index (χ4n) is 4.47. The van der Waals surface area contributed by atoms with Crippen molar-refractivity contribution in [3.05, 3.63) is 92.7 Å². The van der Waals surface area contributed by atoms with Crippen LogP contribution >= 0.6 is 0 Å². The van der Waals surface area contributed by atoms with Gasteiger partial charge in [-0.2, -0.15) is 21.6 Å². The summed E-state index contributed by atoms with van der Waals surface area (Å²) in [6.45, 7) is 3.27. The summed E-state index contributed by atoms with van der Waals surface area (Å²) in [4.78, 5) is 45.7. The van der Waals surface area contributed by atoms with Gasteiger partial charge < -0.3 is 21.0 Å². The molecule has 13 nitrogen and oxygen atoms in total. The molecule has 0 aliphatic heterocycles. The number of nitro benzene ring substituents is 1. The molecule has 2 aromatic carbocycles. The number of fused-ring (bicyclic) bond motifs is 1. The van der Waals surface area contributed by atoms with Gasteiger partial charge in [0.05, 0.1) is 33.0 Å². The van der Waals surface area contributed by atoms with Crippen LogP contribution in [0.25, 0.3) is 22.3 Å². The Labute approximate surface area is 254 Å². The number of nitro groups is 1. The smallest absolute Gasteiger partial charge is 0.368 e. The molecule has 17 heteroatoms. The van der Waals surface area contributed by atoms with E-state index in [4.69, 9.17) is 0 Å². The van der Waals surface area contributed by atoms with Gasteiger partial charge in [0.2, 0.25) is 5.75 Å².